The fourth-order valence-electron chi connectivity index (χ4n) is 3.04. The van der Waals surface area contributed by atoms with Crippen LogP contribution in [0.25, 0.3) is 11.1 Å². The Hall–Kier alpha value is -3.15. The fraction of sp³-hybridized carbons (Fsp3) is 0.158. The Labute approximate surface area is 144 Å². The van der Waals surface area contributed by atoms with Crippen molar-refractivity contribution in [2.24, 2.45) is 0 Å². The van der Waals surface area contributed by atoms with Crippen molar-refractivity contribution in [2.75, 3.05) is 11.9 Å². The molecular formula is C19H17FN4O. The minimum absolute atomic E-state index is 0.149. The highest BCUT2D eigenvalue weighted by molar-refractivity contribution is 5.89. The van der Waals surface area contributed by atoms with E-state index >= 15 is 0 Å². The average Bonchev–Trinajstić information content (AvgIpc) is 3.05. The summed E-state index contributed by atoms with van der Waals surface area (Å²) in [6, 6.07) is 15.6. The number of hydrogen-bond donors (Lipinski definition) is 1. The summed E-state index contributed by atoms with van der Waals surface area (Å²) in [5.74, 6) is -0.285. The number of carbonyl (C=O) groups is 1. The van der Waals surface area contributed by atoms with Crippen LogP contribution in [0.5, 0.6) is 0 Å². The van der Waals surface area contributed by atoms with Gasteiger partial charge in [-0.1, -0.05) is 30.3 Å². The van der Waals surface area contributed by atoms with Gasteiger partial charge in [-0.3, -0.25) is 4.68 Å². The van der Waals surface area contributed by atoms with Gasteiger partial charge in [-0.05, 0) is 29.8 Å². The second kappa shape index (κ2) is 6.39. The van der Waals surface area contributed by atoms with Crippen LogP contribution in [-0.2, 0) is 13.1 Å². The first kappa shape index (κ1) is 15.4. The van der Waals surface area contributed by atoms with Crippen molar-refractivity contribution in [3.05, 3.63) is 72.3 Å². The maximum atomic E-state index is 13.5. The average molecular weight is 336 g/mol. The first-order valence-electron chi connectivity index (χ1n) is 8.12. The maximum Gasteiger partial charge on any atom is 0.322 e. The van der Waals surface area contributed by atoms with E-state index in [1.807, 2.05) is 41.1 Å². The number of benzene rings is 2. The molecule has 3 aromatic rings. The lowest BCUT2D eigenvalue weighted by atomic mass is 10.1. The Morgan fingerprint density at radius 2 is 1.92 bits per heavy atom. The largest absolute Gasteiger partial charge is 0.322 e. The molecule has 4 rings (SSSR count). The summed E-state index contributed by atoms with van der Waals surface area (Å²) in [4.78, 5) is 14.3. The third-order valence-corrected chi connectivity index (χ3v) is 4.32. The molecule has 25 heavy (non-hydrogen) atoms. The number of hydrogen-bond acceptors (Lipinski definition) is 2. The van der Waals surface area contributed by atoms with Gasteiger partial charge in [0, 0.05) is 17.8 Å². The van der Waals surface area contributed by atoms with Gasteiger partial charge in [0.15, 0.2) is 0 Å². The lowest BCUT2D eigenvalue weighted by Crippen LogP contribution is -2.41. The van der Waals surface area contributed by atoms with Crippen molar-refractivity contribution in [1.82, 2.24) is 14.7 Å². The molecule has 2 heterocycles. The lowest BCUT2D eigenvalue weighted by molar-refractivity contribution is 0.194. The molecule has 0 atom stereocenters. The molecule has 0 aliphatic carbocycles. The minimum Gasteiger partial charge on any atom is -0.317 e. The van der Waals surface area contributed by atoms with Crippen LogP contribution >= 0.6 is 0 Å². The van der Waals surface area contributed by atoms with E-state index in [1.54, 1.807) is 17.2 Å². The number of anilines is 1. The number of amides is 2. The molecule has 2 aromatic carbocycles. The Morgan fingerprint density at radius 1 is 1.08 bits per heavy atom. The van der Waals surface area contributed by atoms with Crippen LogP contribution in [0.15, 0.2) is 60.8 Å². The highest BCUT2D eigenvalue weighted by atomic mass is 19.1. The van der Waals surface area contributed by atoms with Crippen LogP contribution < -0.4 is 5.32 Å². The Kier molecular flexibility index (Phi) is 3.93. The number of halogens is 1. The van der Waals surface area contributed by atoms with Crippen molar-refractivity contribution in [2.45, 2.75) is 13.1 Å². The van der Waals surface area contributed by atoms with Crippen LogP contribution in [0, 0.1) is 5.82 Å². The van der Waals surface area contributed by atoms with Gasteiger partial charge in [0.1, 0.15) is 5.82 Å². The summed E-state index contributed by atoms with van der Waals surface area (Å²) in [6.45, 7) is 1.63. The Bertz CT molecular complexity index is 907. The van der Waals surface area contributed by atoms with Crippen LogP contribution in [0.2, 0.25) is 0 Å². The Morgan fingerprint density at radius 3 is 2.72 bits per heavy atom. The predicted octanol–water partition coefficient (Wildman–Crippen LogP) is 3.74. The second-order valence-corrected chi connectivity index (χ2v) is 5.96. The first-order chi connectivity index (χ1) is 12.2. The van der Waals surface area contributed by atoms with E-state index in [4.69, 9.17) is 0 Å². The zero-order valence-electron chi connectivity index (χ0n) is 13.5. The summed E-state index contributed by atoms with van der Waals surface area (Å²) in [7, 11) is 0. The summed E-state index contributed by atoms with van der Waals surface area (Å²) in [5.41, 5.74) is 3.31. The normalized spacial score (nSPS) is 13.4. The Balaban J connectivity index is 1.56. The molecule has 0 spiro atoms. The van der Waals surface area contributed by atoms with Crippen molar-refractivity contribution in [1.29, 1.82) is 0 Å². The number of para-hydroxylation sites is 1. The van der Waals surface area contributed by atoms with Gasteiger partial charge in [0.25, 0.3) is 0 Å². The molecule has 0 fully saturated rings. The number of urea groups is 1. The minimum atomic E-state index is -0.285. The monoisotopic (exact) mass is 336 g/mol. The van der Waals surface area contributed by atoms with Crippen molar-refractivity contribution in [3.63, 3.8) is 0 Å². The van der Waals surface area contributed by atoms with Crippen molar-refractivity contribution < 1.29 is 9.18 Å². The molecule has 126 valence electrons. The summed E-state index contributed by atoms with van der Waals surface area (Å²) >= 11 is 0. The number of fused-ring (bicyclic) bond motifs is 1. The van der Waals surface area contributed by atoms with E-state index < -0.39 is 0 Å². The molecule has 0 bridgehead atoms. The van der Waals surface area contributed by atoms with Crippen LogP contribution in [0.1, 0.15) is 5.69 Å². The number of rotatable bonds is 2. The zero-order chi connectivity index (χ0) is 17.2. The first-order valence-corrected chi connectivity index (χ1v) is 8.12. The quantitative estimate of drug-likeness (QED) is 0.775. The van der Waals surface area contributed by atoms with Gasteiger partial charge < -0.3 is 10.2 Å². The standard InChI is InChI=1S/C19H17FN4O/c20-15-6-4-5-14(11-15)17-12-21-24-10-9-23(13-18(17)24)19(25)22-16-7-2-1-3-8-16/h1-8,11-12H,9-10,13H2,(H,22,25). The molecule has 2 amide bonds. The van der Waals surface area contributed by atoms with Crippen molar-refractivity contribution in [3.8, 4) is 11.1 Å². The van der Waals surface area contributed by atoms with E-state index in [1.165, 1.54) is 12.1 Å². The van der Waals surface area contributed by atoms with Gasteiger partial charge in [0.05, 0.1) is 25.0 Å². The molecular weight excluding hydrogens is 319 g/mol. The number of nitrogens with one attached hydrogen (secondary N) is 1. The molecule has 1 aromatic heterocycles. The molecule has 5 nitrogen and oxygen atoms in total. The lowest BCUT2D eigenvalue weighted by Gasteiger charge is -2.28. The topological polar surface area (TPSA) is 50.2 Å². The SMILES string of the molecule is O=C(Nc1ccccc1)N1CCn2ncc(-c3cccc(F)c3)c2C1. The van der Waals surface area contributed by atoms with Gasteiger partial charge in [-0.2, -0.15) is 5.10 Å². The molecule has 6 heteroatoms. The van der Waals surface area contributed by atoms with Crippen LogP contribution in [0.3, 0.4) is 0 Å². The number of aromatic nitrogens is 2. The summed E-state index contributed by atoms with van der Waals surface area (Å²) in [6.07, 6.45) is 1.74. The summed E-state index contributed by atoms with van der Waals surface area (Å²) < 4.78 is 15.4. The molecule has 0 unspecified atom stereocenters. The van der Waals surface area contributed by atoms with Gasteiger partial charge >= 0.3 is 6.03 Å². The molecule has 0 saturated carbocycles. The zero-order valence-corrected chi connectivity index (χ0v) is 13.5. The van der Waals surface area contributed by atoms with E-state index in [9.17, 15) is 9.18 Å². The van der Waals surface area contributed by atoms with E-state index in [2.05, 4.69) is 10.4 Å². The van der Waals surface area contributed by atoms with Crippen LogP contribution in [-0.4, -0.2) is 27.3 Å². The molecule has 1 aliphatic heterocycles. The van der Waals surface area contributed by atoms with Crippen molar-refractivity contribution >= 4 is 11.7 Å². The molecule has 0 radical (unpaired) electrons. The molecule has 1 aliphatic rings. The van der Waals surface area contributed by atoms with E-state index in [0.29, 0.717) is 19.6 Å². The molecule has 0 saturated heterocycles. The van der Waals surface area contributed by atoms with Gasteiger partial charge in [0.2, 0.25) is 0 Å². The maximum absolute atomic E-state index is 13.5. The molecule has 1 N–H and O–H groups in total. The highest BCUT2D eigenvalue weighted by Gasteiger charge is 2.24. The van der Waals surface area contributed by atoms with Crippen LogP contribution in [0.4, 0.5) is 14.9 Å². The second-order valence-electron chi connectivity index (χ2n) is 5.96. The predicted molar refractivity (Wildman–Crippen MR) is 93.5 cm³/mol. The number of nitrogens with zero attached hydrogens (tertiary/aromatic N) is 3. The smallest absolute Gasteiger partial charge is 0.317 e. The van der Waals surface area contributed by atoms with Gasteiger partial charge in [-0.25, -0.2) is 9.18 Å². The van der Waals surface area contributed by atoms with E-state index in [-0.39, 0.29) is 11.8 Å². The fourth-order valence-corrected chi connectivity index (χ4v) is 3.04. The third kappa shape index (κ3) is 3.10. The highest BCUT2D eigenvalue weighted by Crippen LogP contribution is 2.27. The van der Waals surface area contributed by atoms with E-state index in [0.717, 1.165) is 22.5 Å². The summed E-state index contributed by atoms with van der Waals surface area (Å²) in [5, 5.41) is 7.28. The third-order valence-electron chi connectivity index (χ3n) is 4.32. The van der Waals surface area contributed by atoms with Gasteiger partial charge in [-0.15, -0.1) is 0 Å². The number of carbonyl (C=O) groups excluding carboxylic acids is 1.